The first-order chi connectivity index (χ1) is 5.43. The number of rotatable bonds is 4. The summed E-state index contributed by atoms with van der Waals surface area (Å²) in [5.41, 5.74) is 1.42. The molecule has 0 aliphatic carbocycles. The lowest BCUT2D eigenvalue weighted by Gasteiger charge is -1.96. The summed E-state index contributed by atoms with van der Waals surface area (Å²) in [7, 11) is 0. The maximum atomic E-state index is 8.58. The molecule has 1 aromatic rings. The van der Waals surface area contributed by atoms with Gasteiger partial charge in [-0.05, 0) is 0 Å². The number of benzene rings is 1. The quantitative estimate of drug-likeness (QED) is 0.520. The van der Waals surface area contributed by atoms with E-state index in [1.54, 1.807) is 0 Å². The zero-order valence-corrected chi connectivity index (χ0v) is 8.08. The number of aliphatic hydroxyl groups excluding tert-OH is 1. The molecular formula is C9H12MgO. The molecule has 0 saturated heterocycles. The molecule has 1 nitrogen and oxygen atoms in total. The second kappa shape index (κ2) is 5.58. The minimum Gasteiger partial charge on any atom is -0.399 e. The predicted octanol–water partition coefficient (Wildman–Crippen LogP) is 1.30. The van der Waals surface area contributed by atoms with Crippen LogP contribution in [0.1, 0.15) is 5.56 Å². The molecular weight excluding hydrogens is 148 g/mol. The fourth-order valence-electron chi connectivity index (χ4n) is 1.09. The van der Waals surface area contributed by atoms with E-state index in [0.29, 0.717) is 6.61 Å². The Hall–Kier alpha value is -0.0538. The summed E-state index contributed by atoms with van der Waals surface area (Å²) >= 11 is -0.0370. The Balaban J connectivity index is 2.28. The van der Waals surface area contributed by atoms with Gasteiger partial charge >= 0.3 is 20.4 Å². The monoisotopic (exact) mass is 160 g/mol. The van der Waals surface area contributed by atoms with Gasteiger partial charge < -0.3 is 5.11 Å². The average molecular weight is 160 g/mol. The summed E-state index contributed by atoms with van der Waals surface area (Å²) in [5, 5.41) is 8.58. The van der Waals surface area contributed by atoms with Gasteiger partial charge in [-0.15, -0.1) is 9.10 Å². The molecule has 0 bridgehead atoms. The molecule has 2 heteroatoms. The third kappa shape index (κ3) is 3.75. The number of hydrogen-bond acceptors (Lipinski definition) is 1. The van der Waals surface area contributed by atoms with Crippen LogP contribution in [-0.4, -0.2) is 32.1 Å². The lowest BCUT2D eigenvalue weighted by atomic mass is 10.2. The van der Waals surface area contributed by atoms with Crippen LogP contribution in [0.15, 0.2) is 30.3 Å². The molecule has 0 saturated carbocycles. The first kappa shape index (κ1) is 9.04. The Labute approximate surface area is 77.2 Å². The smallest absolute Gasteiger partial charge is 0.374 e. The van der Waals surface area contributed by atoms with E-state index in [0.717, 1.165) is 4.55 Å². The van der Waals surface area contributed by atoms with Crippen molar-refractivity contribution in [2.24, 2.45) is 0 Å². The van der Waals surface area contributed by atoms with Gasteiger partial charge in [0.1, 0.15) is 0 Å². The van der Waals surface area contributed by atoms with Crippen LogP contribution in [0.25, 0.3) is 0 Å². The van der Waals surface area contributed by atoms with Gasteiger partial charge in [-0.2, -0.15) is 0 Å². The van der Waals surface area contributed by atoms with Gasteiger partial charge in [0, 0.05) is 6.61 Å². The second-order valence-corrected chi connectivity index (χ2v) is 4.58. The maximum absolute atomic E-state index is 8.58. The molecule has 0 amide bonds. The zero-order chi connectivity index (χ0) is 7.94. The minimum atomic E-state index is -0.0370. The van der Waals surface area contributed by atoms with Crippen LogP contribution in [-0.2, 0) is 4.55 Å². The highest BCUT2D eigenvalue weighted by molar-refractivity contribution is 6.34. The van der Waals surface area contributed by atoms with Crippen molar-refractivity contribution < 1.29 is 5.11 Å². The molecule has 0 aliphatic rings. The largest absolute Gasteiger partial charge is 0.399 e. The molecule has 1 rings (SSSR count). The van der Waals surface area contributed by atoms with Crippen molar-refractivity contribution >= 4 is 20.4 Å². The Bertz CT molecular complexity index is 186. The van der Waals surface area contributed by atoms with E-state index >= 15 is 0 Å². The van der Waals surface area contributed by atoms with Crippen LogP contribution in [0.3, 0.4) is 0 Å². The molecule has 1 aromatic carbocycles. The molecule has 0 radical (unpaired) electrons. The molecule has 0 unspecified atom stereocenters. The van der Waals surface area contributed by atoms with Crippen LogP contribution in [0.2, 0.25) is 4.55 Å². The highest BCUT2D eigenvalue weighted by atomic mass is 24.5. The molecule has 0 heterocycles. The van der Waals surface area contributed by atoms with E-state index in [4.69, 9.17) is 5.11 Å². The van der Waals surface area contributed by atoms with Gasteiger partial charge in [0.2, 0.25) is 0 Å². The van der Waals surface area contributed by atoms with Crippen LogP contribution in [0.5, 0.6) is 0 Å². The first-order valence-electron chi connectivity index (χ1n) is 4.08. The Morgan fingerprint density at radius 1 is 1.18 bits per heavy atom. The summed E-state index contributed by atoms with van der Waals surface area (Å²) in [6.45, 7) is 0.374. The van der Waals surface area contributed by atoms with E-state index in [9.17, 15) is 0 Å². The van der Waals surface area contributed by atoms with Crippen molar-refractivity contribution in [1.29, 1.82) is 0 Å². The van der Waals surface area contributed by atoms with Gasteiger partial charge in [-0.1, -0.05) is 35.9 Å². The second-order valence-electron chi connectivity index (χ2n) is 2.67. The summed E-state index contributed by atoms with van der Waals surface area (Å²) < 4.78 is 2.27. The Morgan fingerprint density at radius 3 is 2.55 bits per heavy atom. The van der Waals surface area contributed by atoms with Crippen LogP contribution < -0.4 is 0 Å². The van der Waals surface area contributed by atoms with Gasteiger partial charge in [-0.3, -0.25) is 0 Å². The third-order valence-corrected chi connectivity index (χ3v) is 3.46. The molecule has 11 heavy (non-hydrogen) atoms. The Morgan fingerprint density at radius 2 is 1.91 bits per heavy atom. The Kier molecular flexibility index (Phi) is 4.58. The van der Waals surface area contributed by atoms with Crippen molar-refractivity contribution in [1.82, 2.24) is 0 Å². The highest BCUT2D eigenvalue weighted by Crippen LogP contribution is 1.98. The molecule has 0 aromatic heterocycles. The van der Waals surface area contributed by atoms with Crippen LogP contribution >= 0.6 is 0 Å². The van der Waals surface area contributed by atoms with E-state index in [2.05, 4.69) is 24.3 Å². The fraction of sp³-hybridized carbons (Fsp3) is 0.333. The highest BCUT2D eigenvalue weighted by Gasteiger charge is 1.95. The standard InChI is InChI=1S/C7H7.C2H5O.Mg/c1-7-5-3-2-4-6-7;1-2-3;/h2-6H,1H2;3H,1-2H2;. The van der Waals surface area contributed by atoms with Crippen molar-refractivity contribution in [3.05, 3.63) is 35.9 Å². The lowest BCUT2D eigenvalue weighted by Crippen LogP contribution is -1.98. The van der Waals surface area contributed by atoms with Gasteiger partial charge in [0.15, 0.2) is 0 Å². The van der Waals surface area contributed by atoms with Crippen LogP contribution in [0, 0.1) is 0 Å². The fourth-order valence-corrected chi connectivity index (χ4v) is 2.30. The van der Waals surface area contributed by atoms with Crippen molar-refractivity contribution in [2.75, 3.05) is 6.61 Å². The molecule has 0 atom stereocenters. The SMILES string of the molecule is OC[CH2][Mg][CH2]c1ccccc1. The first-order valence-corrected chi connectivity index (χ1v) is 6.08. The summed E-state index contributed by atoms with van der Waals surface area (Å²) in [4.78, 5) is 0. The van der Waals surface area contributed by atoms with Crippen molar-refractivity contribution in [3.63, 3.8) is 0 Å². The summed E-state index contributed by atoms with van der Waals surface area (Å²) in [5.74, 6) is 0. The van der Waals surface area contributed by atoms with E-state index in [1.807, 2.05) is 6.07 Å². The van der Waals surface area contributed by atoms with E-state index in [1.165, 1.54) is 10.1 Å². The molecule has 0 aliphatic heterocycles. The number of hydrogen-bond donors (Lipinski definition) is 1. The molecule has 1 N–H and O–H groups in total. The molecule has 56 valence electrons. The van der Waals surface area contributed by atoms with Gasteiger partial charge in [0.05, 0.1) is 0 Å². The maximum Gasteiger partial charge on any atom is 0.374 e. The van der Waals surface area contributed by atoms with E-state index < -0.39 is 0 Å². The van der Waals surface area contributed by atoms with Crippen molar-refractivity contribution in [2.45, 2.75) is 9.10 Å². The average Bonchev–Trinajstić information content (AvgIpc) is 2.07. The van der Waals surface area contributed by atoms with E-state index in [-0.39, 0.29) is 20.4 Å². The zero-order valence-electron chi connectivity index (χ0n) is 6.66. The molecule has 0 fully saturated rings. The normalized spacial score (nSPS) is 9.18. The minimum absolute atomic E-state index is 0.0370. The topological polar surface area (TPSA) is 20.2 Å². The summed E-state index contributed by atoms with van der Waals surface area (Å²) in [6.07, 6.45) is 0. The van der Waals surface area contributed by atoms with Crippen LogP contribution in [0.4, 0.5) is 0 Å². The summed E-state index contributed by atoms with van der Waals surface area (Å²) in [6, 6.07) is 10.5. The third-order valence-electron chi connectivity index (χ3n) is 1.72. The number of aliphatic hydroxyl groups is 1. The van der Waals surface area contributed by atoms with Crippen molar-refractivity contribution in [3.8, 4) is 0 Å². The molecule has 0 spiro atoms. The van der Waals surface area contributed by atoms with Gasteiger partial charge in [-0.25, -0.2) is 0 Å². The predicted molar refractivity (Wildman–Crippen MR) is 47.8 cm³/mol. The van der Waals surface area contributed by atoms with Gasteiger partial charge in [0.25, 0.3) is 0 Å². The lowest BCUT2D eigenvalue weighted by molar-refractivity contribution is 0.318.